The molecule has 0 saturated carbocycles. The number of halogens is 1. The Balaban J connectivity index is 2.47. The van der Waals surface area contributed by atoms with Crippen LogP contribution < -0.4 is 5.73 Å². The van der Waals surface area contributed by atoms with E-state index in [4.69, 9.17) is 5.73 Å². The lowest BCUT2D eigenvalue weighted by atomic mass is 10.1. The molecule has 0 fully saturated rings. The standard InChI is InChI=1S/C8H6FN3S/c9-6-3-1-5(2-4-6)7-8(10)12-13-11-7/h1-4H,(H2,10,12). The normalized spacial score (nSPS) is 10.2. The van der Waals surface area contributed by atoms with Gasteiger partial charge in [-0.1, -0.05) is 0 Å². The third-order valence-corrected chi connectivity index (χ3v) is 2.17. The van der Waals surface area contributed by atoms with Gasteiger partial charge in [-0.2, -0.15) is 8.75 Å². The topological polar surface area (TPSA) is 51.8 Å². The Labute approximate surface area is 78.4 Å². The molecular formula is C8H6FN3S. The Hall–Kier alpha value is -1.49. The van der Waals surface area contributed by atoms with Crippen LogP contribution in [0.4, 0.5) is 10.2 Å². The molecule has 0 atom stereocenters. The Bertz CT molecular complexity index is 410. The summed E-state index contributed by atoms with van der Waals surface area (Å²) in [7, 11) is 0. The van der Waals surface area contributed by atoms with Gasteiger partial charge in [0.2, 0.25) is 0 Å². The van der Waals surface area contributed by atoms with Gasteiger partial charge >= 0.3 is 0 Å². The zero-order valence-electron chi connectivity index (χ0n) is 6.57. The van der Waals surface area contributed by atoms with Crippen LogP contribution in [0.5, 0.6) is 0 Å². The van der Waals surface area contributed by atoms with Gasteiger partial charge in [0.1, 0.15) is 11.5 Å². The Morgan fingerprint density at radius 1 is 1.15 bits per heavy atom. The van der Waals surface area contributed by atoms with Gasteiger partial charge in [0, 0.05) is 5.56 Å². The van der Waals surface area contributed by atoms with Gasteiger partial charge in [0.05, 0.1) is 11.7 Å². The zero-order chi connectivity index (χ0) is 9.26. The predicted molar refractivity (Wildman–Crippen MR) is 49.7 cm³/mol. The van der Waals surface area contributed by atoms with Gasteiger partial charge in [-0.25, -0.2) is 4.39 Å². The summed E-state index contributed by atoms with van der Waals surface area (Å²) in [6, 6.07) is 5.99. The van der Waals surface area contributed by atoms with E-state index in [1.54, 1.807) is 12.1 Å². The third-order valence-electron chi connectivity index (χ3n) is 1.63. The minimum Gasteiger partial charge on any atom is -0.381 e. The molecule has 0 amide bonds. The molecule has 5 heteroatoms. The van der Waals surface area contributed by atoms with Crippen molar-refractivity contribution in [3.05, 3.63) is 30.1 Å². The molecule has 66 valence electrons. The van der Waals surface area contributed by atoms with Gasteiger partial charge in [-0.15, -0.1) is 0 Å². The van der Waals surface area contributed by atoms with Crippen LogP contribution in [0.1, 0.15) is 0 Å². The second-order valence-corrected chi connectivity index (χ2v) is 3.03. The lowest BCUT2D eigenvalue weighted by molar-refractivity contribution is 0.628. The largest absolute Gasteiger partial charge is 0.381 e. The second kappa shape index (κ2) is 3.10. The first-order valence-electron chi connectivity index (χ1n) is 3.61. The van der Waals surface area contributed by atoms with Crippen molar-refractivity contribution in [3.63, 3.8) is 0 Å². The van der Waals surface area contributed by atoms with Crippen LogP contribution in [0.3, 0.4) is 0 Å². The van der Waals surface area contributed by atoms with E-state index in [0.29, 0.717) is 11.5 Å². The molecule has 0 bridgehead atoms. The molecule has 0 aliphatic rings. The molecule has 2 rings (SSSR count). The molecular weight excluding hydrogens is 189 g/mol. The van der Waals surface area contributed by atoms with Crippen molar-refractivity contribution in [2.45, 2.75) is 0 Å². The van der Waals surface area contributed by atoms with Gasteiger partial charge in [-0.3, -0.25) is 0 Å². The van der Waals surface area contributed by atoms with Crippen LogP contribution in [0.2, 0.25) is 0 Å². The van der Waals surface area contributed by atoms with E-state index in [9.17, 15) is 4.39 Å². The monoisotopic (exact) mass is 195 g/mol. The Morgan fingerprint density at radius 3 is 2.38 bits per heavy atom. The molecule has 2 aromatic rings. The van der Waals surface area contributed by atoms with Gasteiger partial charge in [0.25, 0.3) is 0 Å². The molecule has 0 aliphatic carbocycles. The molecule has 1 aromatic heterocycles. The average Bonchev–Trinajstić information content (AvgIpc) is 2.53. The lowest BCUT2D eigenvalue weighted by Gasteiger charge is -1.95. The minimum absolute atomic E-state index is 0.273. The average molecular weight is 195 g/mol. The maximum absolute atomic E-state index is 12.6. The number of nitrogen functional groups attached to an aromatic ring is 1. The smallest absolute Gasteiger partial charge is 0.165 e. The molecule has 0 unspecified atom stereocenters. The molecule has 0 aliphatic heterocycles. The highest BCUT2D eigenvalue weighted by Crippen LogP contribution is 2.23. The zero-order valence-corrected chi connectivity index (χ0v) is 7.38. The van der Waals surface area contributed by atoms with Crippen LogP contribution in [0.15, 0.2) is 24.3 Å². The highest BCUT2D eigenvalue weighted by molar-refractivity contribution is 6.99. The summed E-state index contributed by atoms with van der Waals surface area (Å²) in [6.07, 6.45) is 0. The second-order valence-electron chi connectivity index (χ2n) is 2.50. The van der Waals surface area contributed by atoms with Gasteiger partial charge in [0.15, 0.2) is 5.82 Å². The van der Waals surface area contributed by atoms with Crippen LogP contribution in [0.25, 0.3) is 11.3 Å². The first kappa shape index (κ1) is 8.12. The van der Waals surface area contributed by atoms with Crippen LogP contribution in [-0.4, -0.2) is 8.75 Å². The predicted octanol–water partition coefficient (Wildman–Crippen LogP) is 1.93. The molecule has 1 heterocycles. The molecule has 13 heavy (non-hydrogen) atoms. The van der Waals surface area contributed by atoms with E-state index in [0.717, 1.165) is 17.3 Å². The number of hydrogen-bond donors (Lipinski definition) is 1. The van der Waals surface area contributed by atoms with Crippen LogP contribution in [0, 0.1) is 5.82 Å². The van der Waals surface area contributed by atoms with Crippen molar-refractivity contribution in [2.24, 2.45) is 0 Å². The highest BCUT2D eigenvalue weighted by atomic mass is 32.1. The Kier molecular flexibility index (Phi) is 1.94. The first-order valence-corrected chi connectivity index (χ1v) is 4.34. The molecule has 0 spiro atoms. The molecule has 1 aromatic carbocycles. The number of rotatable bonds is 1. The van der Waals surface area contributed by atoms with Crippen LogP contribution >= 0.6 is 11.7 Å². The molecule has 2 N–H and O–H groups in total. The van der Waals surface area contributed by atoms with Gasteiger partial charge < -0.3 is 5.73 Å². The molecule has 3 nitrogen and oxygen atoms in total. The van der Waals surface area contributed by atoms with Crippen molar-refractivity contribution < 1.29 is 4.39 Å². The summed E-state index contributed by atoms with van der Waals surface area (Å²) in [5.41, 5.74) is 6.95. The van der Waals surface area contributed by atoms with Crippen molar-refractivity contribution >= 4 is 17.5 Å². The molecule has 0 saturated heterocycles. The summed E-state index contributed by atoms with van der Waals surface area (Å²) in [5.74, 6) is 0.113. The maximum atomic E-state index is 12.6. The van der Waals surface area contributed by atoms with E-state index in [1.165, 1.54) is 12.1 Å². The van der Waals surface area contributed by atoms with Crippen molar-refractivity contribution in [2.75, 3.05) is 5.73 Å². The Morgan fingerprint density at radius 2 is 1.85 bits per heavy atom. The first-order chi connectivity index (χ1) is 6.27. The third kappa shape index (κ3) is 1.50. The van der Waals surface area contributed by atoms with E-state index in [-0.39, 0.29) is 5.82 Å². The van der Waals surface area contributed by atoms with E-state index < -0.39 is 0 Å². The van der Waals surface area contributed by atoms with E-state index >= 15 is 0 Å². The molecule has 0 radical (unpaired) electrons. The lowest BCUT2D eigenvalue weighted by Crippen LogP contribution is -1.88. The number of benzene rings is 1. The number of aromatic nitrogens is 2. The van der Waals surface area contributed by atoms with Crippen LogP contribution in [-0.2, 0) is 0 Å². The fourth-order valence-corrected chi connectivity index (χ4v) is 1.50. The van der Waals surface area contributed by atoms with Crippen molar-refractivity contribution in [1.82, 2.24) is 8.75 Å². The quantitative estimate of drug-likeness (QED) is 0.756. The number of hydrogen-bond acceptors (Lipinski definition) is 4. The number of nitrogens with two attached hydrogens (primary N) is 1. The minimum atomic E-state index is -0.273. The van der Waals surface area contributed by atoms with E-state index in [2.05, 4.69) is 8.75 Å². The fourth-order valence-electron chi connectivity index (χ4n) is 1.00. The highest BCUT2D eigenvalue weighted by Gasteiger charge is 2.06. The van der Waals surface area contributed by atoms with Crippen molar-refractivity contribution in [1.29, 1.82) is 0 Å². The SMILES string of the molecule is Nc1nsnc1-c1ccc(F)cc1. The summed E-state index contributed by atoms with van der Waals surface area (Å²) >= 11 is 1.05. The summed E-state index contributed by atoms with van der Waals surface area (Å²) in [4.78, 5) is 0. The van der Waals surface area contributed by atoms with Gasteiger partial charge in [-0.05, 0) is 24.3 Å². The fraction of sp³-hybridized carbons (Fsp3) is 0. The maximum Gasteiger partial charge on any atom is 0.165 e. The van der Waals surface area contributed by atoms with Crippen molar-refractivity contribution in [3.8, 4) is 11.3 Å². The summed E-state index contributed by atoms with van der Waals surface area (Å²) in [6.45, 7) is 0. The number of nitrogens with zero attached hydrogens (tertiary/aromatic N) is 2. The number of anilines is 1. The van der Waals surface area contributed by atoms with E-state index in [1.807, 2.05) is 0 Å². The summed E-state index contributed by atoms with van der Waals surface area (Å²) in [5, 5.41) is 0. The summed E-state index contributed by atoms with van der Waals surface area (Å²) < 4.78 is 20.4.